The van der Waals surface area contributed by atoms with Crippen molar-refractivity contribution in [2.45, 2.75) is 74.0 Å². The van der Waals surface area contributed by atoms with Gasteiger partial charge in [0.2, 0.25) is 12.0 Å². The molecule has 0 aliphatic rings. The van der Waals surface area contributed by atoms with Crippen molar-refractivity contribution in [2.24, 2.45) is 5.41 Å². The summed E-state index contributed by atoms with van der Waals surface area (Å²) in [7, 11) is 3.33. The van der Waals surface area contributed by atoms with Gasteiger partial charge < -0.3 is 28.0 Å². The number of nitrogens with one attached hydrogen (secondary N) is 2. The molecule has 1 rings (SSSR count). The van der Waals surface area contributed by atoms with Crippen molar-refractivity contribution in [1.82, 2.24) is 5.32 Å². The van der Waals surface area contributed by atoms with E-state index >= 15 is 0 Å². The van der Waals surface area contributed by atoms with Crippen molar-refractivity contribution >= 4 is 17.8 Å². The number of rotatable bonds is 7. The monoisotopic (exact) mass is 476 g/mol. The normalized spacial score (nSPS) is 9.91. The topological polar surface area (TPSA) is 106 Å². The molecule has 0 spiro atoms. The van der Waals surface area contributed by atoms with Gasteiger partial charge in [-0.2, -0.15) is 0 Å². The number of ether oxygens (including phenoxy) is 2. The van der Waals surface area contributed by atoms with E-state index in [9.17, 15) is 14.4 Å². The Morgan fingerprint density at radius 1 is 1.03 bits per heavy atom. The molecule has 0 heterocycles. The molecule has 1 aromatic carbocycles. The number of ketones is 1. The van der Waals surface area contributed by atoms with Crippen LogP contribution in [0.1, 0.15) is 77.7 Å². The molecule has 0 unspecified atom stereocenters. The summed E-state index contributed by atoms with van der Waals surface area (Å²) >= 11 is 0. The molecule has 0 bridgehead atoms. The maximum Gasteiger partial charge on any atom is 1.00 e. The van der Waals surface area contributed by atoms with Gasteiger partial charge in [0.25, 0.3) is 0 Å². The van der Waals surface area contributed by atoms with Gasteiger partial charge in [-0.25, -0.2) is 7.11 Å². The average Bonchev–Trinajstić information content (AvgIpc) is 2.60. The summed E-state index contributed by atoms with van der Waals surface area (Å²) in [4.78, 5) is 32.9. The number of hydrogen-bond acceptors (Lipinski definition) is 5. The van der Waals surface area contributed by atoms with E-state index in [1.807, 2.05) is 39.8 Å². The third-order valence-electron chi connectivity index (χ3n) is 3.38. The molecule has 180 valence electrons. The Morgan fingerprint density at radius 3 is 1.81 bits per heavy atom. The standard InChI is InChI=1S/C16H22NO3.C5H11NO2.C2H6.CH3.K/c1-12(18)14-7-5-13(6-8-14)10-17-15(19)9-16(2,3)11-20-4;1-5(2,3)8-4(6)7;1-2;;/h5-8H,4,9-11H2,1-3H3,(H,17,19);1-3H3,(H2,6,7);1-2H3;1H3;/q-1;;;-1;+1/p-1. The summed E-state index contributed by atoms with van der Waals surface area (Å²) in [6.07, 6.45) is -0.592. The van der Waals surface area contributed by atoms with Crippen LogP contribution in [0.15, 0.2) is 24.3 Å². The molecule has 0 aromatic heterocycles. The number of hydrogen-bond donors (Lipinski definition) is 1. The van der Waals surface area contributed by atoms with Crippen LogP contribution in [0, 0.1) is 20.0 Å². The number of benzene rings is 1. The Labute approximate surface area is 238 Å². The predicted molar refractivity (Wildman–Crippen MR) is 126 cm³/mol. The minimum absolute atomic E-state index is 0. The molecule has 0 fully saturated rings. The average molecular weight is 477 g/mol. The van der Waals surface area contributed by atoms with Crippen molar-refractivity contribution in [3.05, 3.63) is 55.7 Å². The molecule has 0 radical (unpaired) electrons. The van der Waals surface area contributed by atoms with E-state index < -0.39 is 11.7 Å². The Morgan fingerprint density at radius 2 is 1.50 bits per heavy atom. The van der Waals surface area contributed by atoms with Crippen LogP contribution in [-0.4, -0.2) is 30.0 Å². The van der Waals surface area contributed by atoms with E-state index in [0.29, 0.717) is 25.1 Å². The second-order valence-corrected chi connectivity index (χ2v) is 8.22. The zero-order valence-corrected chi connectivity index (χ0v) is 24.8. The van der Waals surface area contributed by atoms with Gasteiger partial charge in [-0.15, -0.1) is 0 Å². The van der Waals surface area contributed by atoms with Crippen LogP contribution >= 0.6 is 0 Å². The Bertz CT molecular complexity index is 653. The van der Waals surface area contributed by atoms with E-state index in [2.05, 4.69) is 17.2 Å². The third kappa shape index (κ3) is 22.4. The van der Waals surface area contributed by atoms with Gasteiger partial charge in [-0.05, 0) is 38.7 Å². The molecule has 0 saturated heterocycles. The first-order valence-electron chi connectivity index (χ1n) is 9.94. The van der Waals surface area contributed by atoms with Gasteiger partial charge in [0.05, 0.1) is 0 Å². The molecule has 1 aromatic rings. The maximum atomic E-state index is 11.8. The van der Waals surface area contributed by atoms with E-state index in [1.54, 1.807) is 32.9 Å². The molecule has 0 saturated carbocycles. The number of carbonyl (C=O) groups is 3. The first-order chi connectivity index (χ1) is 13.8. The van der Waals surface area contributed by atoms with Gasteiger partial charge in [0.1, 0.15) is 5.60 Å². The Balaban J connectivity index is -0.000000279. The van der Waals surface area contributed by atoms with Gasteiger partial charge in [0, 0.05) is 25.1 Å². The smallest absolute Gasteiger partial charge is 0.632 e. The van der Waals surface area contributed by atoms with Gasteiger partial charge in [0.15, 0.2) is 5.78 Å². The van der Waals surface area contributed by atoms with Crippen molar-refractivity contribution in [1.29, 1.82) is 0 Å². The fourth-order valence-electron chi connectivity index (χ4n) is 2.16. The van der Waals surface area contributed by atoms with E-state index in [4.69, 9.17) is 10.5 Å². The fraction of sp³-hybridized carbons (Fsp3) is 0.542. The van der Waals surface area contributed by atoms with Crippen LogP contribution in [0.2, 0.25) is 0 Å². The molecule has 2 N–H and O–H groups in total. The number of carbonyl (C=O) groups excluding carboxylic acids is 3. The molecule has 0 aliphatic carbocycles. The number of amides is 2. The van der Waals surface area contributed by atoms with Gasteiger partial charge in [-0.3, -0.25) is 14.4 Å². The first kappa shape index (κ1) is 38.5. The molecule has 7 nitrogen and oxygen atoms in total. The molecule has 0 aliphatic heterocycles. The summed E-state index contributed by atoms with van der Waals surface area (Å²) in [6.45, 7) is 15.5. The van der Waals surface area contributed by atoms with Gasteiger partial charge in [-0.1, -0.05) is 52.0 Å². The summed E-state index contributed by atoms with van der Waals surface area (Å²) in [5.41, 5.74) is 7.27. The van der Waals surface area contributed by atoms with Gasteiger partial charge >= 0.3 is 51.4 Å². The van der Waals surface area contributed by atoms with E-state index in [0.717, 1.165) is 5.56 Å². The van der Waals surface area contributed by atoms with Crippen LogP contribution < -0.4 is 56.7 Å². The van der Waals surface area contributed by atoms with Crippen LogP contribution in [0.25, 0.3) is 5.73 Å². The largest absolute Gasteiger partial charge is 1.00 e. The zero-order chi connectivity index (χ0) is 24.0. The summed E-state index contributed by atoms with van der Waals surface area (Å²) in [6, 6.07) is 7.23. The van der Waals surface area contributed by atoms with Crippen molar-refractivity contribution in [2.75, 3.05) is 6.61 Å². The van der Waals surface area contributed by atoms with Crippen LogP contribution in [0.5, 0.6) is 0 Å². The molecule has 0 atom stereocenters. The van der Waals surface area contributed by atoms with Crippen LogP contribution in [0.4, 0.5) is 4.79 Å². The Hall–Kier alpha value is -0.774. The summed E-state index contributed by atoms with van der Waals surface area (Å²) < 4.78 is 9.31. The van der Waals surface area contributed by atoms with Crippen molar-refractivity contribution in [3.8, 4) is 0 Å². The molecule has 32 heavy (non-hydrogen) atoms. The van der Waals surface area contributed by atoms with Crippen molar-refractivity contribution in [3.63, 3.8) is 0 Å². The Kier molecular flexibility index (Phi) is 23.7. The molecular formula is C24H41KN2O5-2. The minimum Gasteiger partial charge on any atom is -0.632 e. The molecule has 8 heteroatoms. The number of Topliss-reactive ketones (excluding diaryl/α,β-unsaturated/α-hetero) is 1. The second kappa shape index (κ2) is 19.7. The predicted octanol–water partition coefficient (Wildman–Crippen LogP) is 3.18. The van der Waals surface area contributed by atoms with E-state index in [-0.39, 0.29) is 75.9 Å². The fourth-order valence-corrected chi connectivity index (χ4v) is 2.16. The zero-order valence-electron chi connectivity index (χ0n) is 21.7. The SMILES string of the molecule is CC.CC(C)(C)OC([NH-])=O.[CH2-]OCC(C)(C)CC(=O)NCc1ccc(C(C)=O)cc1.[CH3-].[K+]. The summed E-state index contributed by atoms with van der Waals surface area (Å²) in [5, 5.41) is 2.86. The molecular weight excluding hydrogens is 435 g/mol. The first-order valence-corrected chi connectivity index (χ1v) is 9.94. The van der Waals surface area contributed by atoms with E-state index in [1.165, 1.54) is 6.92 Å². The quantitative estimate of drug-likeness (QED) is 0.370. The molecule has 2 amide bonds. The maximum absolute atomic E-state index is 11.8. The van der Waals surface area contributed by atoms with Crippen molar-refractivity contribution < 1.29 is 75.2 Å². The van der Waals surface area contributed by atoms with Crippen LogP contribution in [0.3, 0.4) is 0 Å². The summed E-state index contributed by atoms with van der Waals surface area (Å²) in [5.74, 6) is 0.0122. The second-order valence-electron chi connectivity index (χ2n) is 8.22. The van der Waals surface area contributed by atoms with Crippen LogP contribution in [-0.2, 0) is 20.8 Å². The third-order valence-corrected chi connectivity index (χ3v) is 3.38. The minimum atomic E-state index is -0.975.